The summed E-state index contributed by atoms with van der Waals surface area (Å²) in [4.78, 5) is 10.2. The van der Waals surface area contributed by atoms with Gasteiger partial charge in [-0.05, 0) is 13.0 Å². The molecule has 7 heavy (non-hydrogen) atoms. The lowest BCUT2D eigenvalue weighted by Gasteiger charge is -1.84. The van der Waals surface area contributed by atoms with Crippen LogP contribution in [-0.2, 0) is 4.79 Å². The summed E-state index contributed by atoms with van der Waals surface area (Å²) in [6.45, 7) is 1.68. The van der Waals surface area contributed by atoms with Crippen molar-refractivity contribution in [3.05, 3.63) is 12.2 Å². The quantitative estimate of drug-likeness (QED) is 0.463. The predicted octanol–water partition coefficient (Wildman–Crippen LogP) is 0.112. The lowest BCUT2D eigenvalue weighted by molar-refractivity contribution is -0.116. The van der Waals surface area contributed by atoms with E-state index < -0.39 is 0 Å². The third-order valence-electron chi connectivity index (χ3n) is 0.522. The number of rotatable bonds is 1. The fourth-order valence-electron chi connectivity index (χ4n) is 0.203. The average molecular weight is 98.1 g/mol. The smallest absolute Gasteiger partial charge is 0.243 e. The summed E-state index contributed by atoms with van der Waals surface area (Å²) in [6, 6.07) is 0. The average Bonchev–Trinajstić information content (AvgIpc) is 1.68. The number of likely N-dealkylation sites (N-methyl/N-ethyl adjacent to an activating group) is 1. The molecule has 1 amide bonds. The van der Waals surface area contributed by atoms with E-state index in [0.717, 1.165) is 0 Å². The highest BCUT2D eigenvalue weighted by Gasteiger charge is 1.81. The minimum Gasteiger partial charge on any atom is -0.356 e. The van der Waals surface area contributed by atoms with Crippen LogP contribution in [-0.4, -0.2) is 13.0 Å². The second-order valence-corrected chi connectivity index (χ2v) is 1.05. The third-order valence-corrected chi connectivity index (χ3v) is 0.522. The van der Waals surface area contributed by atoms with Crippen LogP contribution in [0, 0.1) is 6.08 Å². The van der Waals surface area contributed by atoms with Crippen LogP contribution in [0.2, 0.25) is 0 Å². The van der Waals surface area contributed by atoms with Gasteiger partial charge < -0.3 is 5.32 Å². The molecule has 0 aliphatic rings. The molecule has 0 saturated carbocycles. The lowest BCUT2D eigenvalue weighted by atomic mass is 10.5. The molecular formula is C5H8NO. The Morgan fingerprint density at radius 2 is 2.43 bits per heavy atom. The highest BCUT2D eigenvalue weighted by atomic mass is 16.1. The number of amides is 1. The van der Waals surface area contributed by atoms with Crippen LogP contribution in [0.25, 0.3) is 0 Å². The monoisotopic (exact) mass is 98.1 g/mol. The molecule has 2 nitrogen and oxygen atoms in total. The second kappa shape index (κ2) is 3.40. The summed E-state index contributed by atoms with van der Waals surface area (Å²) in [7, 11) is 1.58. The van der Waals surface area contributed by atoms with Gasteiger partial charge >= 0.3 is 0 Å². The van der Waals surface area contributed by atoms with Crippen molar-refractivity contribution in [3.8, 4) is 0 Å². The SMILES string of the molecule is C/[C]=C/C(=O)NC. The molecule has 0 heterocycles. The Kier molecular flexibility index (Phi) is 3.02. The first-order valence-corrected chi connectivity index (χ1v) is 2.03. The normalized spacial score (nSPS) is 9.43. The van der Waals surface area contributed by atoms with Crippen LogP contribution in [0.15, 0.2) is 6.08 Å². The van der Waals surface area contributed by atoms with Gasteiger partial charge in [-0.1, -0.05) is 0 Å². The van der Waals surface area contributed by atoms with Crippen LogP contribution in [0.4, 0.5) is 0 Å². The van der Waals surface area contributed by atoms with E-state index in [2.05, 4.69) is 11.4 Å². The van der Waals surface area contributed by atoms with Crippen molar-refractivity contribution in [2.45, 2.75) is 6.92 Å². The van der Waals surface area contributed by atoms with E-state index in [1.807, 2.05) is 0 Å². The Labute approximate surface area is 43.2 Å². The largest absolute Gasteiger partial charge is 0.356 e. The minimum absolute atomic E-state index is 0.109. The number of hydrogen-bond acceptors (Lipinski definition) is 1. The van der Waals surface area contributed by atoms with Crippen molar-refractivity contribution in [3.63, 3.8) is 0 Å². The molecule has 0 unspecified atom stereocenters. The summed E-state index contributed by atoms with van der Waals surface area (Å²) in [5.74, 6) is -0.109. The summed E-state index contributed by atoms with van der Waals surface area (Å²) >= 11 is 0. The van der Waals surface area contributed by atoms with Crippen LogP contribution in [0.3, 0.4) is 0 Å². The molecule has 0 aromatic heterocycles. The van der Waals surface area contributed by atoms with Crippen molar-refractivity contribution in [2.24, 2.45) is 0 Å². The second-order valence-electron chi connectivity index (χ2n) is 1.05. The number of carbonyl (C=O) groups excluding carboxylic acids is 1. The molecule has 0 saturated heterocycles. The van der Waals surface area contributed by atoms with Gasteiger partial charge in [0, 0.05) is 13.1 Å². The number of nitrogens with one attached hydrogen (secondary N) is 1. The summed E-state index contributed by atoms with van der Waals surface area (Å²) in [5, 5.41) is 2.41. The van der Waals surface area contributed by atoms with Crippen molar-refractivity contribution in [1.82, 2.24) is 5.32 Å². The van der Waals surface area contributed by atoms with Crippen molar-refractivity contribution in [1.29, 1.82) is 0 Å². The number of carbonyl (C=O) groups is 1. The molecule has 39 valence electrons. The van der Waals surface area contributed by atoms with Crippen LogP contribution in [0.5, 0.6) is 0 Å². The van der Waals surface area contributed by atoms with Gasteiger partial charge in [-0.15, -0.1) is 0 Å². The van der Waals surface area contributed by atoms with E-state index in [0.29, 0.717) is 0 Å². The Morgan fingerprint density at radius 3 is 2.57 bits per heavy atom. The van der Waals surface area contributed by atoms with Gasteiger partial charge in [0.05, 0.1) is 0 Å². The van der Waals surface area contributed by atoms with E-state index in [9.17, 15) is 4.79 Å². The highest BCUT2D eigenvalue weighted by Crippen LogP contribution is 1.64. The standard InChI is InChI=1S/C5H8NO/c1-3-4-5(7)6-2/h4H,1-2H3,(H,6,7). The molecule has 0 aromatic carbocycles. The summed E-state index contributed by atoms with van der Waals surface area (Å²) in [5.41, 5.74) is 0. The molecule has 0 aliphatic heterocycles. The maximum Gasteiger partial charge on any atom is 0.243 e. The van der Waals surface area contributed by atoms with E-state index in [1.165, 1.54) is 6.08 Å². The fraction of sp³-hybridized carbons (Fsp3) is 0.400. The summed E-state index contributed by atoms with van der Waals surface area (Å²) < 4.78 is 0. The van der Waals surface area contributed by atoms with Gasteiger partial charge in [-0.25, -0.2) is 0 Å². The first-order valence-electron chi connectivity index (χ1n) is 2.03. The summed E-state index contributed by atoms with van der Waals surface area (Å²) in [6.07, 6.45) is 3.93. The maximum absolute atomic E-state index is 10.2. The van der Waals surface area contributed by atoms with Crippen molar-refractivity contribution < 1.29 is 4.79 Å². The number of hydrogen-bond donors (Lipinski definition) is 1. The first-order chi connectivity index (χ1) is 3.31. The lowest BCUT2D eigenvalue weighted by Crippen LogP contribution is -2.13. The zero-order chi connectivity index (χ0) is 5.70. The molecular weight excluding hydrogens is 90.1 g/mol. The molecule has 0 atom stereocenters. The molecule has 0 fully saturated rings. The van der Waals surface area contributed by atoms with Crippen LogP contribution >= 0.6 is 0 Å². The molecule has 2 heteroatoms. The fourth-order valence-corrected chi connectivity index (χ4v) is 0.203. The Morgan fingerprint density at radius 1 is 1.86 bits per heavy atom. The highest BCUT2D eigenvalue weighted by molar-refractivity contribution is 5.86. The van der Waals surface area contributed by atoms with Crippen molar-refractivity contribution >= 4 is 5.91 Å². The molecule has 1 N–H and O–H groups in total. The van der Waals surface area contributed by atoms with Gasteiger partial charge in [0.25, 0.3) is 0 Å². The molecule has 0 spiro atoms. The zero-order valence-corrected chi connectivity index (χ0v) is 4.49. The van der Waals surface area contributed by atoms with E-state index in [1.54, 1.807) is 14.0 Å². The van der Waals surface area contributed by atoms with E-state index in [4.69, 9.17) is 0 Å². The van der Waals surface area contributed by atoms with E-state index >= 15 is 0 Å². The van der Waals surface area contributed by atoms with Gasteiger partial charge in [0.15, 0.2) is 0 Å². The van der Waals surface area contributed by atoms with Crippen LogP contribution in [0.1, 0.15) is 6.92 Å². The van der Waals surface area contributed by atoms with Gasteiger partial charge in [0.2, 0.25) is 5.91 Å². The zero-order valence-electron chi connectivity index (χ0n) is 4.49. The Bertz CT molecular complexity index is 86.1. The topological polar surface area (TPSA) is 29.1 Å². The Hall–Kier alpha value is -0.790. The molecule has 0 bridgehead atoms. The molecule has 1 radical (unpaired) electrons. The number of allylic oxidation sites excluding steroid dienone is 1. The molecule has 0 rings (SSSR count). The van der Waals surface area contributed by atoms with Crippen molar-refractivity contribution in [2.75, 3.05) is 7.05 Å². The molecule has 0 aliphatic carbocycles. The first kappa shape index (κ1) is 6.21. The van der Waals surface area contributed by atoms with E-state index in [-0.39, 0.29) is 5.91 Å². The third kappa shape index (κ3) is 3.03. The molecule has 0 aromatic rings. The van der Waals surface area contributed by atoms with Gasteiger partial charge in [-0.2, -0.15) is 0 Å². The van der Waals surface area contributed by atoms with Crippen LogP contribution < -0.4 is 5.32 Å². The Balaban J connectivity index is 3.37. The van der Waals surface area contributed by atoms with Gasteiger partial charge in [-0.3, -0.25) is 4.79 Å². The minimum atomic E-state index is -0.109. The predicted molar refractivity (Wildman–Crippen MR) is 27.6 cm³/mol. The van der Waals surface area contributed by atoms with Gasteiger partial charge in [0.1, 0.15) is 0 Å². The maximum atomic E-state index is 10.2.